The molecule has 1 aliphatic carbocycles. The van der Waals surface area contributed by atoms with Crippen LogP contribution in [-0.4, -0.2) is 0 Å². The molecule has 0 saturated heterocycles. The lowest BCUT2D eigenvalue weighted by atomic mass is 9.63. The van der Waals surface area contributed by atoms with Crippen LogP contribution in [0.2, 0.25) is 0 Å². The maximum atomic E-state index is 2.50. The summed E-state index contributed by atoms with van der Waals surface area (Å²) in [6, 6.07) is 25.3. The van der Waals surface area contributed by atoms with Gasteiger partial charge in [-0.15, -0.1) is 0 Å². The van der Waals surface area contributed by atoms with Crippen LogP contribution in [0.3, 0.4) is 0 Å². The minimum Gasteiger partial charge on any atom is -0.0622 e. The van der Waals surface area contributed by atoms with Gasteiger partial charge < -0.3 is 0 Å². The first-order chi connectivity index (χ1) is 14.5. The van der Waals surface area contributed by atoms with E-state index in [0.29, 0.717) is 0 Å². The summed E-state index contributed by atoms with van der Waals surface area (Å²) in [4.78, 5) is 0. The molecule has 0 amide bonds. The van der Waals surface area contributed by atoms with Gasteiger partial charge in [0, 0.05) is 0 Å². The Morgan fingerprint density at radius 2 is 1.35 bits per heavy atom. The van der Waals surface area contributed by atoms with Gasteiger partial charge in [0.25, 0.3) is 0 Å². The Bertz CT molecular complexity index is 1070. The van der Waals surface area contributed by atoms with Crippen molar-refractivity contribution >= 4 is 0 Å². The van der Waals surface area contributed by atoms with Gasteiger partial charge in [0.15, 0.2) is 0 Å². The molecule has 0 bridgehead atoms. The molecule has 0 atom stereocenters. The van der Waals surface area contributed by atoms with Crippen molar-refractivity contribution in [2.45, 2.75) is 84.0 Å². The van der Waals surface area contributed by atoms with E-state index in [-0.39, 0.29) is 16.2 Å². The minimum absolute atomic E-state index is 0.142. The fourth-order valence-corrected chi connectivity index (χ4v) is 5.05. The van der Waals surface area contributed by atoms with Crippen LogP contribution in [0, 0.1) is 0 Å². The summed E-state index contributed by atoms with van der Waals surface area (Å²) in [6.07, 6.45) is 3.49. The Hall–Kier alpha value is -2.34. The fraction of sp³-hybridized carbons (Fsp3) is 0.419. The third-order valence-electron chi connectivity index (χ3n) is 7.37. The Morgan fingerprint density at radius 3 is 2.00 bits per heavy atom. The van der Waals surface area contributed by atoms with Crippen LogP contribution in [0.15, 0.2) is 66.7 Å². The van der Waals surface area contributed by atoms with Gasteiger partial charge >= 0.3 is 0 Å². The first-order valence-corrected chi connectivity index (χ1v) is 11.8. The molecule has 0 saturated carbocycles. The van der Waals surface area contributed by atoms with Gasteiger partial charge in [-0.2, -0.15) is 0 Å². The van der Waals surface area contributed by atoms with E-state index in [9.17, 15) is 0 Å². The zero-order chi connectivity index (χ0) is 22.4. The van der Waals surface area contributed by atoms with E-state index in [1.807, 2.05) is 0 Å². The van der Waals surface area contributed by atoms with Crippen LogP contribution < -0.4 is 0 Å². The third kappa shape index (κ3) is 4.36. The van der Waals surface area contributed by atoms with Crippen LogP contribution >= 0.6 is 0 Å². The molecule has 4 rings (SSSR count). The van der Waals surface area contributed by atoms with Crippen molar-refractivity contribution in [3.05, 3.63) is 94.5 Å². The van der Waals surface area contributed by atoms with E-state index < -0.39 is 0 Å². The average molecular weight is 411 g/mol. The summed E-state index contributed by atoms with van der Waals surface area (Å²) in [5.74, 6) is 0. The molecule has 0 heteroatoms. The zero-order valence-electron chi connectivity index (χ0n) is 20.5. The summed E-state index contributed by atoms with van der Waals surface area (Å²) < 4.78 is 0. The second kappa shape index (κ2) is 7.66. The third-order valence-corrected chi connectivity index (χ3v) is 7.37. The number of benzene rings is 3. The summed E-state index contributed by atoms with van der Waals surface area (Å²) >= 11 is 0. The van der Waals surface area contributed by atoms with Crippen molar-refractivity contribution in [2.75, 3.05) is 0 Å². The summed E-state index contributed by atoms with van der Waals surface area (Å²) in [7, 11) is 0. The molecule has 0 nitrogen and oxygen atoms in total. The van der Waals surface area contributed by atoms with Crippen LogP contribution in [-0.2, 0) is 22.7 Å². The quantitative estimate of drug-likeness (QED) is 0.405. The smallest absolute Gasteiger partial charge is 0.00195 e. The van der Waals surface area contributed by atoms with Crippen LogP contribution in [0.5, 0.6) is 0 Å². The number of rotatable bonds is 3. The van der Waals surface area contributed by atoms with E-state index in [4.69, 9.17) is 0 Å². The molecule has 1 aliphatic rings. The molecule has 31 heavy (non-hydrogen) atoms. The highest BCUT2D eigenvalue weighted by Crippen LogP contribution is 2.46. The number of hydrogen-bond donors (Lipinski definition) is 0. The molecule has 162 valence electrons. The van der Waals surface area contributed by atoms with Crippen molar-refractivity contribution in [1.29, 1.82) is 0 Å². The molecule has 0 N–H and O–H groups in total. The number of fused-ring (bicyclic) bond motifs is 1. The normalized spacial score (nSPS) is 17.3. The topological polar surface area (TPSA) is 0 Å². The first-order valence-electron chi connectivity index (χ1n) is 11.8. The van der Waals surface area contributed by atoms with Crippen molar-refractivity contribution in [3.8, 4) is 11.1 Å². The van der Waals surface area contributed by atoms with Gasteiger partial charge in [0.1, 0.15) is 0 Å². The predicted molar refractivity (Wildman–Crippen MR) is 135 cm³/mol. The molecule has 0 aromatic heterocycles. The SMILES string of the molecule is CC(C)(C)c1ccc(Cc2ccc3c(c2)C(C)(C)CCC3(C)C)c(-c2ccccc2)c1. The highest BCUT2D eigenvalue weighted by Gasteiger charge is 2.36. The van der Waals surface area contributed by atoms with E-state index in [0.717, 1.165) is 6.42 Å². The van der Waals surface area contributed by atoms with E-state index in [1.165, 1.54) is 40.7 Å². The monoisotopic (exact) mass is 410 g/mol. The standard InChI is InChI=1S/C31H38/c1-29(2,3)25-15-14-24(26(21-25)23-11-9-8-10-12-23)19-22-13-16-27-28(20-22)31(6,7)18-17-30(27,4)5/h8-16,20-21H,17-19H2,1-7H3. The molecular formula is C31H38. The van der Waals surface area contributed by atoms with Crippen molar-refractivity contribution in [3.63, 3.8) is 0 Å². The number of hydrogen-bond acceptors (Lipinski definition) is 0. The summed E-state index contributed by atoms with van der Waals surface area (Å²) in [5.41, 5.74) is 10.7. The zero-order valence-corrected chi connectivity index (χ0v) is 20.5. The minimum atomic E-state index is 0.142. The van der Waals surface area contributed by atoms with Crippen LogP contribution in [0.25, 0.3) is 11.1 Å². The predicted octanol–water partition coefficient (Wildman–Crippen LogP) is 8.59. The van der Waals surface area contributed by atoms with Gasteiger partial charge in [-0.05, 0) is 74.5 Å². The Labute approximate surface area is 189 Å². The second-order valence-corrected chi connectivity index (χ2v) is 11.8. The van der Waals surface area contributed by atoms with Gasteiger partial charge in [-0.25, -0.2) is 0 Å². The Kier molecular flexibility index (Phi) is 5.41. The van der Waals surface area contributed by atoms with Crippen molar-refractivity contribution < 1.29 is 0 Å². The lowest BCUT2D eigenvalue weighted by Gasteiger charge is -2.42. The molecule has 0 aliphatic heterocycles. The first kappa shape index (κ1) is 21.9. The molecular weight excluding hydrogens is 372 g/mol. The van der Waals surface area contributed by atoms with E-state index in [1.54, 1.807) is 11.1 Å². The van der Waals surface area contributed by atoms with Crippen molar-refractivity contribution in [1.82, 2.24) is 0 Å². The highest BCUT2D eigenvalue weighted by atomic mass is 14.4. The molecule has 0 spiro atoms. The molecule has 0 unspecified atom stereocenters. The van der Waals surface area contributed by atoms with Crippen molar-refractivity contribution in [2.24, 2.45) is 0 Å². The Morgan fingerprint density at radius 1 is 0.710 bits per heavy atom. The molecule has 0 radical (unpaired) electrons. The van der Waals surface area contributed by atoms with Gasteiger partial charge in [-0.3, -0.25) is 0 Å². The molecule has 0 fully saturated rings. The Balaban J connectivity index is 1.78. The van der Waals surface area contributed by atoms with E-state index >= 15 is 0 Å². The summed E-state index contributed by atoms with van der Waals surface area (Å²) in [5, 5.41) is 0. The fourth-order valence-electron chi connectivity index (χ4n) is 5.05. The highest BCUT2D eigenvalue weighted by molar-refractivity contribution is 5.69. The summed E-state index contributed by atoms with van der Waals surface area (Å²) in [6.45, 7) is 16.5. The van der Waals surface area contributed by atoms with Crippen LogP contribution in [0.4, 0.5) is 0 Å². The maximum absolute atomic E-state index is 2.50. The maximum Gasteiger partial charge on any atom is -0.00195 e. The van der Waals surface area contributed by atoms with Crippen LogP contribution in [0.1, 0.15) is 89.1 Å². The van der Waals surface area contributed by atoms with Gasteiger partial charge in [0.2, 0.25) is 0 Å². The van der Waals surface area contributed by atoms with Gasteiger partial charge in [0.05, 0.1) is 0 Å². The lowest BCUT2D eigenvalue weighted by Crippen LogP contribution is -2.33. The molecule has 3 aromatic carbocycles. The second-order valence-electron chi connectivity index (χ2n) is 11.8. The largest absolute Gasteiger partial charge is 0.0622 e. The van der Waals surface area contributed by atoms with E-state index in [2.05, 4.69) is 115 Å². The molecule has 3 aromatic rings. The van der Waals surface area contributed by atoms with Gasteiger partial charge in [-0.1, -0.05) is 115 Å². The lowest BCUT2D eigenvalue weighted by molar-refractivity contribution is 0.331. The molecule has 0 heterocycles. The average Bonchev–Trinajstić information content (AvgIpc) is 2.72.